The van der Waals surface area contributed by atoms with E-state index in [1.54, 1.807) is 0 Å². The van der Waals surface area contributed by atoms with Gasteiger partial charge in [-0.15, -0.1) is 5.10 Å². The molecule has 1 heterocycles. The van der Waals surface area contributed by atoms with Crippen LogP contribution >= 0.6 is 15.9 Å². The quantitative estimate of drug-likeness (QED) is 0.787. The van der Waals surface area contributed by atoms with E-state index in [9.17, 15) is 0 Å². The van der Waals surface area contributed by atoms with E-state index in [2.05, 4.69) is 31.5 Å². The van der Waals surface area contributed by atoms with E-state index < -0.39 is 0 Å². The molecule has 1 fully saturated rings. The van der Waals surface area contributed by atoms with E-state index in [0.29, 0.717) is 5.92 Å². The van der Waals surface area contributed by atoms with Gasteiger partial charge in [0.15, 0.2) is 5.82 Å². The lowest BCUT2D eigenvalue weighted by Gasteiger charge is -2.20. The van der Waals surface area contributed by atoms with Gasteiger partial charge in [0.25, 0.3) is 0 Å². The van der Waals surface area contributed by atoms with Crippen molar-refractivity contribution in [2.24, 2.45) is 11.8 Å². The van der Waals surface area contributed by atoms with Crippen LogP contribution in [0.5, 0.6) is 0 Å². The first kappa shape index (κ1) is 13.7. The van der Waals surface area contributed by atoms with Crippen LogP contribution in [0.3, 0.4) is 0 Å². The molecule has 1 aromatic carbocycles. The van der Waals surface area contributed by atoms with Gasteiger partial charge in [0.1, 0.15) is 0 Å². The van der Waals surface area contributed by atoms with E-state index in [-0.39, 0.29) is 0 Å². The molecule has 0 spiro atoms. The largest absolute Gasteiger partial charge is 0.197 e. The lowest BCUT2D eigenvalue weighted by molar-refractivity contribution is 0.365. The number of hydrogen-bond acceptors (Lipinski definition) is 3. The second-order valence-electron chi connectivity index (χ2n) is 5.51. The van der Waals surface area contributed by atoms with E-state index in [1.165, 1.54) is 25.7 Å². The summed E-state index contributed by atoms with van der Waals surface area (Å²) in [7, 11) is 0. The molecule has 0 radical (unpaired) electrons. The molecule has 2 aromatic rings. The number of aromatic nitrogens is 4. The van der Waals surface area contributed by atoms with Crippen LogP contribution in [0.25, 0.3) is 5.69 Å². The Morgan fingerprint density at radius 3 is 2.65 bits per heavy atom. The van der Waals surface area contributed by atoms with Gasteiger partial charge in [0.05, 0.1) is 5.69 Å². The Hall–Kier alpha value is -1.23. The highest BCUT2D eigenvalue weighted by Crippen LogP contribution is 2.34. The summed E-state index contributed by atoms with van der Waals surface area (Å²) in [5.41, 5.74) is 1.03. The fourth-order valence-electron chi connectivity index (χ4n) is 3.11. The van der Waals surface area contributed by atoms with Crippen LogP contribution in [0.15, 0.2) is 30.3 Å². The topological polar surface area (TPSA) is 43.6 Å². The second kappa shape index (κ2) is 6.48. The van der Waals surface area contributed by atoms with Crippen molar-refractivity contribution >= 4 is 15.9 Å². The molecule has 1 atom stereocenters. The van der Waals surface area contributed by atoms with E-state index in [4.69, 9.17) is 0 Å². The first-order valence-corrected chi connectivity index (χ1v) is 8.39. The van der Waals surface area contributed by atoms with Crippen LogP contribution in [0, 0.1) is 11.8 Å². The monoisotopic (exact) mass is 334 g/mol. The molecule has 1 saturated carbocycles. The number of hydrogen-bond donors (Lipinski definition) is 0. The van der Waals surface area contributed by atoms with Crippen molar-refractivity contribution in [2.45, 2.75) is 32.1 Å². The summed E-state index contributed by atoms with van der Waals surface area (Å²) in [4.78, 5) is 0. The van der Waals surface area contributed by atoms with E-state index in [0.717, 1.165) is 29.2 Å². The lowest BCUT2D eigenvalue weighted by Crippen LogP contribution is -2.18. The van der Waals surface area contributed by atoms with Crippen molar-refractivity contribution in [1.29, 1.82) is 0 Å². The van der Waals surface area contributed by atoms with Crippen molar-refractivity contribution in [3.05, 3.63) is 36.2 Å². The van der Waals surface area contributed by atoms with Crippen LogP contribution in [-0.2, 0) is 6.42 Å². The summed E-state index contributed by atoms with van der Waals surface area (Å²) in [6.45, 7) is 0. The Kier molecular flexibility index (Phi) is 4.45. The summed E-state index contributed by atoms with van der Waals surface area (Å²) in [6, 6.07) is 10.1. The van der Waals surface area contributed by atoms with Crippen LogP contribution in [0.2, 0.25) is 0 Å². The molecular weight excluding hydrogens is 316 g/mol. The molecule has 0 amide bonds. The number of tetrazole rings is 1. The molecule has 4 nitrogen and oxygen atoms in total. The predicted octanol–water partition coefficient (Wildman–Crippen LogP) is 3.41. The first-order valence-electron chi connectivity index (χ1n) is 7.27. The molecule has 1 aromatic heterocycles. The maximum absolute atomic E-state index is 4.23. The molecule has 106 valence electrons. The molecule has 0 bridgehead atoms. The average molecular weight is 335 g/mol. The van der Waals surface area contributed by atoms with Gasteiger partial charge in [-0.2, -0.15) is 4.68 Å². The van der Waals surface area contributed by atoms with Crippen molar-refractivity contribution < 1.29 is 0 Å². The third kappa shape index (κ3) is 2.92. The molecule has 0 N–H and O–H groups in total. The van der Waals surface area contributed by atoms with Gasteiger partial charge in [-0.3, -0.25) is 0 Å². The molecule has 1 aliphatic rings. The van der Waals surface area contributed by atoms with Crippen LogP contribution in [0.4, 0.5) is 0 Å². The Morgan fingerprint density at radius 2 is 1.95 bits per heavy atom. The number of para-hydroxylation sites is 1. The second-order valence-corrected chi connectivity index (χ2v) is 6.15. The molecule has 1 unspecified atom stereocenters. The summed E-state index contributed by atoms with van der Waals surface area (Å²) in [5.74, 6) is 2.41. The number of alkyl halides is 1. The zero-order chi connectivity index (χ0) is 13.8. The smallest absolute Gasteiger partial charge is 0.157 e. The normalized spacial score (nSPS) is 17.4. The maximum atomic E-state index is 4.23. The Balaban J connectivity index is 1.79. The standard InChI is InChI=1S/C15H19BrN4/c16-11-13(12-6-4-5-7-12)10-15-17-18-19-20(15)14-8-2-1-3-9-14/h1-3,8-9,12-13H,4-7,10-11H2. The van der Waals surface area contributed by atoms with Crippen LogP contribution in [-0.4, -0.2) is 25.5 Å². The Labute approximate surface area is 127 Å². The van der Waals surface area contributed by atoms with E-state index in [1.807, 2.05) is 35.0 Å². The van der Waals surface area contributed by atoms with E-state index >= 15 is 0 Å². The fraction of sp³-hybridized carbons (Fsp3) is 0.533. The summed E-state index contributed by atoms with van der Waals surface area (Å²) < 4.78 is 1.87. The summed E-state index contributed by atoms with van der Waals surface area (Å²) >= 11 is 3.67. The number of nitrogens with zero attached hydrogens (tertiary/aromatic N) is 4. The minimum absolute atomic E-state index is 0.631. The van der Waals surface area contributed by atoms with Crippen LogP contribution in [0.1, 0.15) is 31.5 Å². The number of benzene rings is 1. The number of rotatable bonds is 5. The first-order chi connectivity index (χ1) is 9.88. The fourth-order valence-corrected chi connectivity index (χ4v) is 3.87. The Bertz CT molecular complexity index is 534. The molecular formula is C15H19BrN4. The maximum Gasteiger partial charge on any atom is 0.157 e. The van der Waals surface area contributed by atoms with Gasteiger partial charge in [-0.05, 0) is 34.4 Å². The van der Waals surface area contributed by atoms with Crippen molar-refractivity contribution in [2.75, 3.05) is 5.33 Å². The summed E-state index contributed by atoms with van der Waals surface area (Å²) in [5, 5.41) is 13.3. The van der Waals surface area contributed by atoms with Gasteiger partial charge in [0.2, 0.25) is 0 Å². The van der Waals surface area contributed by atoms with Crippen molar-refractivity contribution in [3.8, 4) is 5.69 Å². The molecule has 1 aliphatic carbocycles. The van der Waals surface area contributed by atoms with Gasteiger partial charge >= 0.3 is 0 Å². The minimum Gasteiger partial charge on any atom is -0.197 e. The third-order valence-electron chi connectivity index (χ3n) is 4.24. The van der Waals surface area contributed by atoms with Crippen LogP contribution < -0.4 is 0 Å². The van der Waals surface area contributed by atoms with Crippen molar-refractivity contribution in [1.82, 2.24) is 20.2 Å². The highest BCUT2D eigenvalue weighted by Gasteiger charge is 2.26. The predicted molar refractivity (Wildman–Crippen MR) is 82.1 cm³/mol. The third-order valence-corrected chi connectivity index (χ3v) is 5.08. The molecule has 0 aliphatic heterocycles. The lowest BCUT2D eigenvalue weighted by atomic mass is 9.89. The van der Waals surface area contributed by atoms with Gasteiger partial charge in [0, 0.05) is 11.8 Å². The molecule has 5 heteroatoms. The highest BCUT2D eigenvalue weighted by molar-refractivity contribution is 9.09. The van der Waals surface area contributed by atoms with Gasteiger partial charge < -0.3 is 0 Å². The van der Waals surface area contributed by atoms with Gasteiger partial charge in [-0.1, -0.05) is 59.8 Å². The molecule has 3 rings (SSSR count). The highest BCUT2D eigenvalue weighted by atomic mass is 79.9. The zero-order valence-electron chi connectivity index (χ0n) is 11.5. The number of halogens is 1. The minimum atomic E-state index is 0.631. The van der Waals surface area contributed by atoms with Gasteiger partial charge in [-0.25, -0.2) is 0 Å². The SMILES string of the molecule is BrCC(Cc1nnnn1-c1ccccc1)C1CCCC1. The zero-order valence-corrected chi connectivity index (χ0v) is 13.0. The van der Waals surface area contributed by atoms with Crippen molar-refractivity contribution in [3.63, 3.8) is 0 Å². The molecule has 20 heavy (non-hydrogen) atoms. The summed E-state index contributed by atoms with van der Waals surface area (Å²) in [6.07, 6.45) is 6.39. The average Bonchev–Trinajstić information content (AvgIpc) is 3.17. The molecule has 0 saturated heterocycles. The Morgan fingerprint density at radius 1 is 1.20 bits per heavy atom.